The molecule has 0 aliphatic rings. The number of carboxylic acid groups (broad SMARTS) is 1. The van der Waals surface area contributed by atoms with Gasteiger partial charge in [0.1, 0.15) is 5.75 Å². The Morgan fingerprint density at radius 1 is 1.24 bits per heavy atom. The lowest BCUT2D eigenvalue weighted by molar-refractivity contribution is -0.120. The quantitative estimate of drug-likeness (QED) is 0.691. The van der Waals surface area contributed by atoms with Crippen LogP contribution in [-0.4, -0.2) is 43.6 Å². The molecule has 0 atom stereocenters. The van der Waals surface area contributed by atoms with Crippen molar-refractivity contribution in [1.82, 2.24) is 20.3 Å². The molecule has 0 saturated carbocycles. The molecular formula is C13H14N4O4. The van der Waals surface area contributed by atoms with Crippen LogP contribution in [0.4, 0.5) is 0 Å². The summed E-state index contributed by atoms with van der Waals surface area (Å²) in [5, 5.41) is 27.6. The van der Waals surface area contributed by atoms with Crippen LogP contribution in [0.1, 0.15) is 16.1 Å². The molecule has 0 spiro atoms. The molecule has 0 unspecified atom stereocenters. The fraction of sp³-hybridized carbons (Fsp3) is 0.231. The zero-order valence-electron chi connectivity index (χ0n) is 11.1. The van der Waals surface area contributed by atoms with Crippen LogP contribution < -0.4 is 5.32 Å². The Labute approximate surface area is 120 Å². The molecule has 0 saturated heterocycles. The molecule has 1 heterocycles. The highest BCUT2D eigenvalue weighted by Crippen LogP contribution is 2.09. The summed E-state index contributed by atoms with van der Waals surface area (Å²) >= 11 is 0. The minimum atomic E-state index is -1.14. The number of aromatic nitrogens is 3. The van der Waals surface area contributed by atoms with Gasteiger partial charge in [-0.1, -0.05) is 17.3 Å². The van der Waals surface area contributed by atoms with E-state index < -0.39 is 5.97 Å². The van der Waals surface area contributed by atoms with Gasteiger partial charge in [-0.05, 0) is 17.7 Å². The molecule has 1 aromatic heterocycles. The highest BCUT2D eigenvalue weighted by Gasteiger charge is 2.08. The SMILES string of the molecule is O=C(Cc1ccc(O)cc1)NCCn1cc(C(=O)O)nn1. The molecule has 1 aromatic carbocycles. The van der Waals surface area contributed by atoms with Crippen molar-refractivity contribution in [1.29, 1.82) is 0 Å². The number of phenols is 1. The summed E-state index contributed by atoms with van der Waals surface area (Å²) in [5.41, 5.74) is 0.657. The second-order valence-electron chi connectivity index (χ2n) is 4.37. The maximum Gasteiger partial charge on any atom is 0.358 e. The molecule has 8 nitrogen and oxygen atoms in total. The smallest absolute Gasteiger partial charge is 0.358 e. The van der Waals surface area contributed by atoms with E-state index in [0.717, 1.165) is 5.56 Å². The first kappa shape index (κ1) is 14.5. The fourth-order valence-electron chi connectivity index (χ4n) is 1.68. The maximum atomic E-state index is 11.7. The van der Waals surface area contributed by atoms with Gasteiger partial charge in [0, 0.05) is 6.54 Å². The highest BCUT2D eigenvalue weighted by molar-refractivity contribution is 5.84. The number of nitrogens with zero attached hydrogens (tertiary/aromatic N) is 3. The van der Waals surface area contributed by atoms with Crippen molar-refractivity contribution in [2.45, 2.75) is 13.0 Å². The summed E-state index contributed by atoms with van der Waals surface area (Å²) in [6.45, 7) is 0.654. The van der Waals surface area contributed by atoms with Crippen LogP contribution in [-0.2, 0) is 17.8 Å². The molecule has 8 heteroatoms. The second kappa shape index (κ2) is 6.51. The second-order valence-corrected chi connectivity index (χ2v) is 4.37. The average Bonchev–Trinajstić information content (AvgIpc) is 2.90. The Balaban J connectivity index is 1.76. The Bertz CT molecular complexity index is 636. The minimum Gasteiger partial charge on any atom is -0.508 e. The van der Waals surface area contributed by atoms with E-state index in [-0.39, 0.29) is 23.8 Å². The topological polar surface area (TPSA) is 117 Å². The Morgan fingerprint density at radius 2 is 1.95 bits per heavy atom. The summed E-state index contributed by atoms with van der Waals surface area (Å²) < 4.78 is 1.35. The van der Waals surface area contributed by atoms with Crippen molar-refractivity contribution in [2.24, 2.45) is 0 Å². The van der Waals surface area contributed by atoms with Gasteiger partial charge in [0.25, 0.3) is 0 Å². The van der Waals surface area contributed by atoms with Crippen LogP contribution in [0.25, 0.3) is 0 Å². The summed E-state index contributed by atoms with van der Waals surface area (Å²) in [5.74, 6) is -1.16. The van der Waals surface area contributed by atoms with Crippen LogP contribution in [0.15, 0.2) is 30.5 Å². The molecule has 2 rings (SSSR count). The third-order valence-corrected chi connectivity index (χ3v) is 2.72. The number of carbonyl (C=O) groups is 2. The number of benzene rings is 1. The summed E-state index contributed by atoms with van der Waals surface area (Å²) in [6, 6.07) is 6.38. The zero-order chi connectivity index (χ0) is 15.2. The number of nitrogens with one attached hydrogen (secondary N) is 1. The molecule has 0 aliphatic carbocycles. The fourth-order valence-corrected chi connectivity index (χ4v) is 1.68. The van der Waals surface area contributed by atoms with Crippen molar-refractivity contribution in [3.8, 4) is 5.75 Å². The van der Waals surface area contributed by atoms with E-state index in [0.29, 0.717) is 13.1 Å². The van der Waals surface area contributed by atoms with Gasteiger partial charge in [-0.25, -0.2) is 9.48 Å². The molecule has 0 fully saturated rings. The molecular weight excluding hydrogens is 276 g/mol. The first-order valence-electron chi connectivity index (χ1n) is 6.22. The lowest BCUT2D eigenvalue weighted by atomic mass is 10.1. The van der Waals surface area contributed by atoms with E-state index in [1.54, 1.807) is 12.1 Å². The Morgan fingerprint density at radius 3 is 2.57 bits per heavy atom. The number of hydrogen-bond acceptors (Lipinski definition) is 5. The lowest BCUT2D eigenvalue weighted by Gasteiger charge is -2.05. The molecule has 0 bridgehead atoms. The molecule has 110 valence electrons. The van der Waals surface area contributed by atoms with Gasteiger partial charge >= 0.3 is 5.97 Å². The molecule has 0 radical (unpaired) electrons. The average molecular weight is 290 g/mol. The molecule has 21 heavy (non-hydrogen) atoms. The molecule has 1 amide bonds. The van der Waals surface area contributed by atoms with Crippen molar-refractivity contribution in [2.75, 3.05) is 6.54 Å². The van der Waals surface area contributed by atoms with E-state index in [2.05, 4.69) is 15.6 Å². The maximum absolute atomic E-state index is 11.7. The van der Waals surface area contributed by atoms with Crippen LogP contribution in [0, 0.1) is 0 Å². The number of carboxylic acids is 1. The number of hydrogen-bond donors (Lipinski definition) is 3. The number of phenolic OH excluding ortho intramolecular Hbond substituents is 1. The molecule has 3 N–H and O–H groups in total. The van der Waals surface area contributed by atoms with Crippen molar-refractivity contribution in [3.05, 3.63) is 41.7 Å². The van der Waals surface area contributed by atoms with Crippen molar-refractivity contribution >= 4 is 11.9 Å². The van der Waals surface area contributed by atoms with Crippen LogP contribution in [0.3, 0.4) is 0 Å². The third kappa shape index (κ3) is 4.30. The summed E-state index contributed by atoms with van der Waals surface area (Å²) in [7, 11) is 0. The van der Waals surface area contributed by atoms with Gasteiger partial charge in [-0.15, -0.1) is 5.10 Å². The van der Waals surface area contributed by atoms with Gasteiger partial charge in [-0.3, -0.25) is 4.79 Å². The van der Waals surface area contributed by atoms with Crippen molar-refractivity contribution in [3.63, 3.8) is 0 Å². The standard InChI is InChI=1S/C13H14N4O4/c18-10-3-1-9(2-4-10)7-12(19)14-5-6-17-8-11(13(20)21)15-16-17/h1-4,8,18H,5-7H2,(H,14,19)(H,20,21). The van der Waals surface area contributed by atoms with Crippen LogP contribution in [0.2, 0.25) is 0 Å². The normalized spacial score (nSPS) is 10.3. The zero-order valence-corrected chi connectivity index (χ0v) is 11.1. The van der Waals surface area contributed by atoms with E-state index in [4.69, 9.17) is 10.2 Å². The van der Waals surface area contributed by atoms with Gasteiger partial charge in [0.2, 0.25) is 5.91 Å². The number of amides is 1. The first-order valence-corrected chi connectivity index (χ1v) is 6.22. The predicted molar refractivity (Wildman–Crippen MR) is 71.8 cm³/mol. The van der Waals surface area contributed by atoms with Crippen molar-refractivity contribution < 1.29 is 19.8 Å². The van der Waals surface area contributed by atoms with Gasteiger partial charge < -0.3 is 15.5 Å². The molecule has 0 aliphatic heterocycles. The largest absolute Gasteiger partial charge is 0.508 e. The van der Waals surface area contributed by atoms with Crippen LogP contribution in [0.5, 0.6) is 5.75 Å². The summed E-state index contributed by atoms with van der Waals surface area (Å²) in [6.07, 6.45) is 1.51. The predicted octanol–water partition coefficient (Wildman–Crippen LogP) is 0.0408. The Hall–Kier alpha value is -2.90. The number of rotatable bonds is 6. The number of aromatic carboxylic acids is 1. The highest BCUT2D eigenvalue weighted by atomic mass is 16.4. The monoisotopic (exact) mass is 290 g/mol. The third-order valence-electron chi connectivity index (χ3n) is 2.72. The van der Waals surface area contributed by atoms with E-state index in [1.165, 1.54) is 23.0 Å². The Kier molecular flexibility index (Phi) is 4.50. The first-order chi connectivity index (χ1) is 10.0. The lowest BCUT2D eigenvalue weighted by Crippen LogP contribution is -2.28. The van der Waals surface area contributed by atoms with Gasteiger partial charge in [-0.2, -0.15) is 0 Å². The van der Waals surface area contributed by atoms with E-state index in [1.807, 2.05) is 0 Å². The van der Waals surface area contributed by atoms with Crippen LogP contribution >= 0.6 is 0 Å². The summed E-state index contributed by atoms with van der Waals surface area (Å²) in [4.78, 5) is 22.3. The van der Waals surface area contributed by atoms with Gasteiger partial charge in [0.15, 0.2) is 5.69 Å². The van der Waals surface area contributed by atoms with Gasteiger partial charge in [0.05, 0.1) is 19.2 Å². The van der Waals surface area contributed by atoms with E-state index in [9.17, 15) is 9.59 Å². The minimum absolute atomic E-state index is 0.134. The number of aromatic hydroxyl groups is 1. The number of carbonyl (C=O) groups excluding carboxylic acids is 1. The molecule has 2 aromatic rings. The van der Waals surface area contributed by atoms with E-state index >= 15 is 0 Å².